The van der Waals surface area contributed by atoms with Gasteiger partial charge in [0.15, 0.2) is 0 Å². The lowest BCUT2D eigenvalue weighted by molar-refractivity contribution is -0.517. The van der Waals surface area contributed by atoms with Gasteiger partial charge in [0.25, 0.3) is 0 Å². The Labute approximate surface area is 86.0 Å². The van der Waals surface area contributed by atoms with Crippen molar-refractivity contribution < 1.29 is 14.5 Å². The molecule has 0 aliphatic heterocycles. The Balaban J connectivity index is 2.94. The fourth-order valence-electron chi connectivity index (χ4n) is 1.07. The van der Waals surface area contributed by atoms with Crippen molar-refractivity contribution in [2.75, 3.05) is 6.61 Å². The number of pyridine rings is 1. The zero-order chi connectivity index (χ0) is 11.3. The summed E-state index contributed by atoms with van der Waals surface area (Å²) in [5.74, 6) is -0.888. The maximum absolute atomic E-state index is 11.3. The quantitative estimate of drug-likeness (QED) is 0.420. The van der Waals surface area contributed by atoms with E-state index in [2.05, 4.69) is 9.72 Å². The van der Waals surface area contributed by atoms with Gasteiger partial charge in [0.1, 0.15) is 5.69 Å². The highest BCUT2D eigenvalue weighted by molar-refractivity contribution is 5.75. The van der Waals surface area contributed by atoms with E-state index >= 15 is 0 Å². The number of nitro groups is 1. The maximum Gasteiger partial charge on any atom is 0.388 e. The fourth-order valence-corrected chi connectivity index (χ4v) is 1.07. The SMILES string of the molecule is CCOC(=O)C(c1ccccn1)[N+](=O)[O-]. The second kappa shape index (κ2) is 5.04. The number of nitrogens with zero attached hydrogens (tertiary/aromatic N) is 2. The Kier molecular flexibility index (Phi) is 3.73. The summed E-state index contributed by atoms with van der Waals surface area (Å²) in [6, 6.07) is 3.08. The van der Waals surface area contributed by atoms with E-state index in [9.17, 15) is 14.9 Å². The summed E-state index contributed by atoms with van der Waals surface area (Å²) in [4.78, 5) is 25.0. The summed E-state index contributed by atoms with van der Waals surface area (Å²) in [6.45, 7) is 1.70. The highest BCUT2D eigenvalue weighted by Gasteiger charge is 2.34. The van der Waals surface area contributed by atoms with Crippen molar-refractivity contribution in [1.82, 2.24) is 4.98 Å². The molecule has 0 aromatic carbocycles. The minimum atomic E-state index is -1.54. The summed E-state index contributed by atoms with van der Waals surface area (Å²) < 4.78 is 4.60. The van der Waals surface area contributed by atoms with Crippen LogP contribution < -0.4 is 0 Å². The van der Waals surface area contributed by atoms with Crippen LogP contribution in [0.4, 0.5) is 0 Å². The molecular formula is C9H10N2O4. The Hall–Kier alpha value is -1.98. The number of aromatic nitrogens is 1. The van der Waals surface area contributed by atoms with Gasteiger partial charge in [-0.25, -0.2) is 4.79 Å². The van der Waals surface area contributed by atoms with Crippen LogP contribution in [0.5, 0.6) is 0 Å². The van der Waals surface area contributed by atoms with Gasteiger partial charge in [-0.2, -0.15) is 0 Å². The molecule has 6 heteroatoms. The minimum absolute atomic E-state index is 0.0842. The molecule has 1 aromatic rings. The zero-order valence-corrected chi connectivity index (χ0v) is 8.12. The lowest BCUT2D eigenvalue weighted by Gasteiger charge is -2.07. The molecule has 15 heavy (non-hydrogen) atoms. The van der Waals surface area contributed by atoms with Crippen LogP contribution in [-0.2, 0) is 9.53 Å². The molecule has 1 atom stereocenters. The number of ether oxygens (including phenoxy) is 1. The second-order valence-electron chi connectivity index (χ2n) is 2.69. The molecule has 0 aliphatic rings. The van der Waals surface area contributed by atoms with Gasteiger partial charge in [0.2, 0.25) is 0 Å². The number of hydrogen-bond acceptors (Lipinski definition) is 5. The molecule has 0 aliphatic carbocycles. The predicted molar refractivity (Wildman–Crippen MR) is 50.6 cm³/mol. The van der Waals surface area contributed by atoms with Gasteiger partial charge in [-0.05, 0) is 19.1 Å². The van der Waals surface area contributed by atoms with E-state index in [1.165, 1.54) is 12.3 Å². The van der Waals surface area contributed by atoms with Crippen molar-refractivity contribution in [3.05, 3.63) is 40.2 Å². The standard InChI is InChI=1S/C9H10N2O4/c1-2-15-9(12)8(11(13)14)7-5-3-4-6-10-7/h3-6,8H,2H2,1H3. The molecular weight excluding hydrogens is 200 g/mol. The molecule has 1 heterocycles. The van der Waals surface area contributed by atoms with Crippen LogP contribution in [0.25, 0.3) is 0 Å². The van der Waals surface area contributed by atoms with Crippen LogP contribution in [-0.4, -0.2) is 22.5 Å². The van der Waals surface area contributed by atoms with Crippen molar-refractivity contribution in [3.63, 3.8) is 0 Å². The molecule has 0 N–H and O–H groups in total. The van der Waals surface area contributed by atoms with Crippen LogP contribution in [0, 0.1) is 10.1 Å². The predicted octanol–water partition coefficient (Wildman–Crippen LogP) is 0.962. The second-order valence-corrected chi connectivity index (χ2v) is 2.69. The summed E-state index contributed by atoms with van der Waals surface area (Å²) in [7, 11) is 0. The number of hydrogen-bond donors (Lipinski definition) is 0. The summed E-state index contributed by atoms with van der Waals surface area (Å²) >= 11 is 0. The highest BCUT2D eigenvalue weighted by Crippen LogP contribution is 2.15. The van der Waals surface area contributed by atoms with E-state index in [0.717, 1.165) is 0 Å². The molecule has 0 amide bonds. The molecule has 0 saturated heterocycles. The summed E-state index contributed by atoms with van der Waals surface area (Å²) in [6.07, 6.45) is 1.39. The van der Waals surface area contributed by atoms with Crippen molar-refractivity contribution >= 4 is 5.97 Å². The Morgan fingerprint density at radius 3 is 2.87 bits per heavy atom. The number of rotatable bonds is 4. The van der Waals surface area contributed by atoms with Gasteiger partial charge in [0, 0.05) is 11.1 Å². The van der Waals surface area contributed by atoms with Crippen molar-refractivity contribution in [3.8, 4) is 0 Å². The molecule has 6 nitrogen and oxygen atoms in total. The number of esters is 1. The fraction of sp³-hybridized carbons (Fsp3) is 0.333. The van der Waals surface area contributed by atoms with Crippen molar-refractivity contribution in [2.24, 2.45) is 0 Å². The van der Waals surface area contributed by atoms with Crippen molar-refractivity contribution in [1.29, 1.82) is 0 Å². The topological polar surface area (TPSA) is 82.3 Å². The van der Waals surface area contributed by atoms with Crippen LogP contribution in [0.3, 0.4) is 0 Å². The molecule has 1 aromatic heterocycles. The van der Waals surface area contributed by atoms with Crippen molar-refractivity contribution in [2.45, 2.75) is 13.0 Å². The molecule has 0 bridgehead atoms. The van der Waals surface area contributed by atoms with E-state index in [0.29, 0.717) is 0 Å². The third-order valence-electron chi connectivity index (χ3n) is 1.69. The monoisotopic (exact) mass is 210 g/mol. The van der Waals surface area contributed by atoms with E-state index in [-0.39, 0.29) is 12.3 Å². The van der Waals surface area contributed by atoms with Gasteiger partial charge in [-0.1, -0.05) is 6.07 Å². The largest absolute Gasteiger partial charge is 0.461 e. The third-order valence-corrected chi connectivity index (χ3v) is 1.69. The molecule has 0 radical (unpaired) electrons. The summed E-state index contributed by atoms with van der Waals surface area (Å²) in [5.41, 5.74) is 0.0842. The van der Waals surface area contributed by atoms with E-state index in [4.69, 9.17) is 0 Å². The Morgan fingerprint density at radius 1 is 1.67 bits per heavy atom. The van der Waals surface area contributed by atoms with E-state index in [1.54, 1.807) is 19.1 Å². The molecule has 1 rings (SSSR count). The lowest BCUT2D eigenvalue weighted by Crippen LogP contribution is -2.24. The molecule has 1 unspecified atom stereocenters. The first-order valence-electron chi connectivity index (χ1n) is 4.38. The average molecular weight is 210 g/mol. The molecule has 0 spiro atoms. The van der Waals surface area contributed by atoms with Crippen LogP contribution in [0.15, 0.2) is 24.4 Å². The number of carbonyl (C=O) groups excluding carboxylic acids is 1. The molecule has 0 saturated carbocycles. The summed E-state index contributed by atoms with van der Waals surface area (Å²) in [5, 5.41) is 10.7. The zero-order valence-electron chi connectivity index (χ0n) is 8.12. The highest BCUT2D eigenvalue weighted by atomic mass is 16.6. The van der Waals surface area contributed by atoms with Gasteiger partial charge < -0.3 is 4.74 Å². The number of carbonyl (C=O) groups is 1. The first-order chi connectivity index (χ1) is 7.16. The Morgan fingerprint density at radius 2 is 2.40 bits per heavy atom. The molecule has 0 fully saturated rings. The van der Waals surface area contributed by atoms with Gasteiger partial charge in [-0.15, -0.1) is 0 Å². The van der Waals surface area contributed by atoms with E-state index in [1.807, 2.05) is 0 Å². The first-order valence-corrected chi connectivity index (χ1v) is 4.38. The lowest BCUT2D eigenvalue weighted by atomic mass is 10.2. The van der Waals surface area contributed by atoms with Crippen LogP contribution in [0.1, 0.15) is 18.7 Å². The van der Waals surface area contributed by atoms with Gasteiger partial charge >= 0.3 is 12.0 Å². The smallest absolute Gasteiger partial charge is 0.388 e. The van der Waals surface area contributed by atoms with Crippen LogP contribution >= 0.6 is 0 Å². The minimum Gasteiger partial charge on any atom is -0.461 e. The van der Waals surface area contributed by atoms with Gasteiger partial charge in [-0.3, -0.25) is 15.1 Å². The Bertz CT molecular complexity index is 352. The van der Waals surface area contributed by atoms with E-state index < -0.39 is 16.9 Å². The average Bonchev–Trinajstić information content (AvgIpc) is 2.19. The maximum atomic E-state index is 11.3. The van der Waals surface area contributed by atoms with Crippen LogP contribution in [0.2, 0.25) is 0 Å². The normalized spacial score (nSPS) is 11.8. The first kappa shape index (κ1) is 11.1. The van der Waals surface area contributed by atoms with Gasteiger partial charge in [0.05, 0.1) is 6.61 Å². The molecule has 80 valence electrons. The third kappa shape index (κ3) is 2.73.